The van der Waals surface area contributed by atoms with Crippen LogP contribution in [0.2, 0.25) is 5.02 Å². The van der Waals surface area contributed by atoms with Crippen molar-refractivity contribution in [2.75, 3.05) is 29.2 Å². The number of hydrogen-bond acceptors (Lipinski definition) is 4. The zero-order valence-corrected chi connectivity index (χ0v) is 11.6. The summed E-state index contributed by atoms with van der Waals surface area (Å²) in [6, 6.07) is 4.97. The monoisotopic (exact) mass is 288 g/mol. The number of anilines is 2. The van der Waals surface area contributed by atoms with Gasteiger partial charge in [-0.1, -0.05) is 11.6 Å². The van der Waals surface area contributed by atoms with Crippen LogP contribution in [0.15, 0.2) is 18.2 Å². The van der Waals surface area contributed by atoms with E-state index in [9.17, 15) is 4.79 Å². The van der Waals surface area contributed by atoms with Gasteiger partial charge in [0, 0.05) is 17.2 Å². The van der Waals surface area contributed by atoms with Gasteiger partial charge in [-0.3, -0.25) is 4.79 Å². The molecule has 0 aromatic heterocycles. The molecule has 1 amide bonds. The van der Waals surface area contributed by atoms with Gasteiger partial charge in [0.05, 0.1) is 18.0 Å². The summed E-state index contributed by atoms with van der Waals surface area (Å²) in [7, 11) is 0. The highest BCUT2D eigenvalue weighted by molar-refractivity contribution is 7.99. The molecule has 0 heterocycles. The quantitative estimate of drug-likeness (QED) is 0.532. The number of thioether (sulfide) groups is 1. The van der Waals surface area contributed by atoms with Crippen molar-refractivity contribution in [2.24, 2.45) is 0 Å². The maximum Gasteiger partial charge on any atom is 0.224 e. The summed E-state index contributed by atoms with van der Waals surface area (Å²) in [5, 5.41) is 11.9. The highest BCUT2D eigenvalue weighted by Crippen LogP contribution is 2.23. The number of rotatable bonds is 7. The maximum atomic E-state index is 11.6. The first-order valence-corrected chi connectivity index (χ1v) is 7.20. The van der Waals surface area contributed by atoms with E-state index >= 15 is 0 Å². The number of nitrogens with two attached hydrogens (primary N) is 1. The van der Waals surface area contributed by atoms with Gasteiger partial charge in [-0.05, 0) is 30.4 Å². The van der Waals surface area contributed by atoms with Gasteiger partial charge in [-0.15, -0.1) is 0 Å². The fourth-order valence-corrected chi connectivity index (χ4v) is 2.20. The molecule has 0 aliphatic heterocycles. The smallest absolute Gasteiger partial charge is 0.224 e. The molecule has 4 N–H and O–H groups in total. The van der Waals surface area contributed by atoms with Crippen LogP contribution in [0.3, 0.4) is 0 Å². The lowest BCUT2D eigenvalue weighted by Gasteiger charge is -2.08. The van der Waals surface area contributed by atoms with Crippen LogP contribution < -0.4 is 11.1 Å². The van der Waals surface area contributed by atoms with Crippen molar-refractivity contribution in [3.8, 4) is 0 Å². The molecule has 0 unspecified atom stereocenters. The molecule has 0 fully saturated rings. The summed E-state index contributed by atoms with van der Waals surface area (Å²) in [6.45, 7) is 0.176. The maximum absolute atomic E-state index is 11.6. The zero-order chi connectivity index (χ0) is 13.4. The molecule has 0 aliphatic rings. The van der Waals surface area contributed by atoms with Crippen molar-refractivity contribution in [1.29, 1.82) is 0 Å². The van der Waals surface area contributed by atoms with E-state index < -0.39 is 0 Å². The molecule has 0 atom stereocenters. The topological polar surface area (TPSA) is 75.3 Å². The lowest BCUT2D eigenvalue weighted by molar-refractivity contribution is -0.116. The number of amides is 1. The Morgan fingerprint density at radius 1 is 1.44 bits per heavy atom. The standard InChI is InChI=1S/C12H17ClN2O2S/c13-9-3-4-10(14)11(8-9)15-12(17)2-1-6-18-7-5-16/h3-4,8,16H,1-2,5-7,14H2,(H,15,17). The minimum atomic E-state index is -0.0754. The van der Waals surface area contributed by atoms with Crippen LogP contribution in [0.5, 0.6) is 0 Å². The predicted molar refractivity (Wildman–Crippen MR) is 78.1 cm³/mol. The van der Waals surface area contributed by atoms with Gasteiger partial charge in [0.2, 0.25) is 5.91 Å². The number of hydrogen-bond donors (Lipinski definition) is 3. The Bertz CT molecular complexity index is 402. The first-order chi connectivity index (χ1) is 8.63. The molecule has 1 rings (SSSR count). The average Bonchev–Trinajstić information content (AvgIpc) is 2.33. The van der Waals surface area contributed by atoms with Crippen LogP contribution in [0.25, 0.3) is 0 Å². The van der Waals surface area contributed by atoms with E-state index in [4.69, 9.17) is 22.4 Å². The van der Waals surface area contributed by atoms with Gasteiger partial charge in [0.25, 0.3) is 0 Å². The van der Waals surface area contributed by atoms with Crippen LogP contribution in [0, 0.1) is 0 Å². The first-order valence-electron chi connectivity index (χ1n) is 5.67. The molecule has 0 saturated heterocycles. The van der Waals surface area contributed by atoms with E-state index in [0.717, 1.165) is 12.2 Å². The van der Waals surface area contributed by atoms with Crippen molar-refractivity contribution >= 4 is 40.6 Å². The van der Waals surface area contributed by atoms with Crippen LogP contribution in [0.1, 0.15) is 12.8 Å². The molecule has 0 bridgehead atoms. The molecule has 1 aromatic carbocycles. The number of nitrogen functional groups attached to an aromatic ring is 1. The largest absolute Gasteiger partial charge is 0.397 e. The second kappa shape index (κ2) is 8.24. The molecule has 100 valence electrons. The van der Waals surface area contributed by atoms with Crippen LogP contribution in [0.4, 0.5) is 11.4 Å². The average molecular weight is 289 g/mol. The summed E-state index contributed by atoms with van der Waals surface area (Å²) in [5.41, 5.74) is 6.78. The minimum Gasteiger partial charge on any atom is -0.397 e. The number of aliphatic hydroxyl groups is 1. The van der Waals surface area contributed by atoms with E-state index in [2.05, 4.69) is 5.32 Å². The number of aliphatic hydroxyl groups excluding tert-OH is 1. The second-order valence-corrected chi connectivity index (χ2v) is 5.38. The highest BCUT2D eigenvalue weighted by Gasteiger charge is 2.05. The van der Waals surface area contributed by atoms with Gasteiger partial charge in [0.15, 0.2) is 0 Å². The molecular weight excluding hydrogens is 272 g/mol. The van der Waals surface area contributed by atoms with Crippen LogP contribution in [-0.4, -0.2) is 29.1 Å². The first kappa shape index (κ1) is 15.1. The molecule has 0 spiro atoms. The Morgan fingerprint density at radius 2 is 2.22 bits per heavy atom. The zero-order valence-electron chi connectivity index (χ0n) is 9.99. The molecule has 18 heavy (non-hydrogen) atoms. The number of carbonyl (C=O) groups is 1. The van der Waals surface area contributed by atoms with Crippen LogP contribution in [-0.2, 0) is 4.79 Å². The summed E-state index contributed by atoms with van der Waals surface area (Å²) < 4.78 is 0. The molecule has 0 radical (unpaired) electrons. The Kier molecular flexibility index (Phi) is 6.93. The minimum absolute atomic E-state index is 0.0754. The summed E-state index contributed by atoms with van der Waals surface area (Å²) >= 11 is 7.46. The van der Waals surface area contributed by atoms with E-state index in [1.165, 1.54) is 0 Å². The molecule has 0 saturated carbocycles. The third kappa shape index (κ3) is 5.62. The molecular formula is C12H17ClN2O2S. The van der Waals surface area contributed by atoms with Crippen molar-refractivity contribution in [2.45, 2.75) is 12.8 Å². The number of benzene rings is 1. The van der Waals surface area contributed by atoms with Crippen molar-refractivity contribution < 1.29 is 9.90 Å². The predicted octanol–water partition coefficient (Wildman–Crippen LogP) is 2.37. The fraction of sp³-hybridized carbons (Fsp3) is 0.417. The van der Waals surface area contributed by atoms with Crippen molar-refractivity contribution in [3.05, 3.63) is 23.2 Å². The van der Waals surface area contributed by atoms with E-state index in [-0.39, 0.29) is 12.5 Å². The number of halogens is 1. The summed E-state index contributed by atoms with van der Waals surface area (Å²) in [4.78, 5) is 11.6. The molecule has 0 aliphatic carbocycles. The third-order valence-electron chi connectivity index (χ3n) is 2.22. The van der Waals surface area contributed by atoms with Gasteiger partial charge < -0.3 is 16.2 Å². The highest BCUT2D eigenvalue weighted by atomic mass is 35.5. The second-order valence-electron chi connectivity index (χ2n) is 3.72. The Morgan fingerprint density at radius 3 is 2.94 bits per heavy atom. The van der Waals surface area contributed by atoms with Crippen molar-refractivity contribution in [3.63, 3.8) is 0 Å². The van der Waals surface area contributed by atoms with E-state index in [1.807, 2.05) is 0 Å². The number of nitrogens with one attached hydrogen (secondary N) is 1. The Hall–Kier alpha value is -0.910. The van der Waals surface area contributed by atoms with Gasteiger partial charge in [0.1, 0.15) is 0 Å². The lowest BCUT2D eigenvalue weighted by atomic mass is 10.2. The fourth-order valence-electron chi connectivity index (χ4n) is 1.35. The number of carbonyl (C=O) groups excluding carboxylic acids is 1. The SMILES string of the molecule is Nc1ccc(Cl)cc1NC(=O)CCCSCCO. The normalized spacial score (nSPS) is 10.3. The van der Waals surface area contributed by atoms with Crippen LogP contribution >= 0.6 is 23.4 Å². The molecule has 4 nitrogen and oxygen atoms in total. The van der Waals surface area contributed by atoms with E-state index in [1.54, 1.807) is 30.0 Å². The Balaban J connectivity index is 2.33. The summed E-state index contributed by atoms with van der Waals surface area (Å²) in [5.74, 6) is 1.50. The molecule has 6 heteroatoms. The summed E-state index contributed by atoms with van der Waals surface area (Å²) in [6.07, 6.45) is 1.21. The Labute approximate surface area is 116 Å². The third-order valence-corrected chi connectivity index (χ3v) is 3.50. The van der Waals surface area contributed by atoms with Gasteiger partial charge in [-0.25, -0.2) is 0 Å². The van der Waals surface area contributed by atoms with E-state index in [0.29, 0.717) is 28.6 Å². The van der Waals surface area contributed by atoms with Gasteiger partial charge >= 0.3 is 0 Å². The van der Waals surface area contributed by atoms with Crippen molar-refractivity contribution in [1.82, 2.24) is 0 Å². The molecule has 1 aromatic rings. The van der Waals surface area contributed by atoms with Gasteiger partial charge in [-0.2, -0.15) is 11.8 Å². The lowest BCUT2D eigenvalue weighted by Crippen LogP contribution is -2.12.